The minimum Gasteiger partial charge on any atom is -0.481 e. The number of hydrogen-bond acceptors (Lipinski definition) is 3. The molecule has 0 atom stereocenters. The van der Waals surface area contributed by atoms with Crippen molar-refractivity contribution in [2.24, 2.45) is 5.92 Å². The van der Waals surface area contributed by atoms with Gasteiger partial charge < -0.3 is 10.0 Å². The number of hydrogen-bond donors (Lipinski definition) is 1. The molecule has 1 aliphatic rings. The van der Waals surface area contributed by atoms with Gasteiger partial charge in [0.15, 0.2) is 0 Å². The molecule has 18 heavy (non-hydrogen) atoms. The fourth-order valence-corrected chi connectivity index (χ4v) is 2.92. The number of carbonyl (C=O) groups is 1. The molecule has 2 rings (SSSR count). The molecule has 0 bridgehead atoms. The van der Waals surface area contributed by atoms with Crippen molar-refractivity contribution >= 4 is 23.4 Å². The van der Waals surface area contributed by atoms with Crippen molar-refractivity contribution in [3.8, 4) is 0 Å². The van der Waals surface area contributed by atoms with E-state index >= 15 is 0 Å². The summed E-state index contributed by atoms with van der Waals surface area (Å²) in [7, 11) is 2.05. The van der Waals surface area contributed by atoms with Crippen LogP contribution in [0.3, 0.4) is 0 Å². The lowest BCUT2D eigenvalue weighted by molar-refractivity contribution is -0.145. The molecule has 0 spiro atoms. The molecule has 1 aromatic carbocycles. The van der Waals surface area contributed by atoms with E-state index in [0.29, 0.717) is 6.04 Å². The summed E-state index contributed by atoms with van der Waals surface area (Å²) >= 11 is 1.83. The quantitative estimate of drug-likeness (QED) is 0.831. The minimum atomic E-state index is -0.658. The Kier molecular flexibility index (Phi) is 4.17. The summed E-state index contributed by atoms with van der Waals surface area (Å²) in [6, 6.07) is 8.87. The number of aliphatic carboxylic acids is 1. The van der Waals surface area contributed by atoms with Gasteiger partial charge in [0.1, 0.15) is 0 Å². The Bertz CT molecular complexity index is 412. The first-order chi connectivity index (χ1) is 8.61. The summed E-state index contributed by atoms with van der Waals surface area (Å²) in [5, 5.41) is 8.88. The van der Waals surface area contributed by atoms with Gasteiger partial charge in [-0.25, -0.2) is 0 Å². The van der Waals surface area contributed by atoms with Crippen LogP contribution in [-0.4, -0.2) is 29.9 Å². The first kappa shape index (κ1) is 13.3. The number of carboxylic acids is 1. The van der Waals surface area contributed by atoms with E-state index < -0.39 is 5.97 Å². The number of thioether (sulfide) groups is 1. The number of rotatable bonds is 5. The van der Waals surface area contributed by atoms with Gasteiger partial charge in [-0.05, 0) is 42.9 Å². The van der Waals surface area contributed by atoms with Crippen LogP contribution in [-0.2, 0) is 4.79 Å². The molecular formula is C14H19NO2S. The summed E-state index contributed by atoms with van der Waals surface area (Å²) in [6.45, 7) is 2.14. The van der Waals surface area contributed by atoms with Gasteiger partial charge in [-0.1, -0.05) is 6.92 Å². The molecule has 0 unspecified atom stereocenters. The van der Waals surface area contributed by atoms with E-state index in [1.807, 2.05) is 18.8 Å². The third-order valence-corrected chi connectivity index (χ3v) is 4.46. The summed E-state index contributed by atoms with van der Waals surface area (Å²) < 4.78 is 0. The highest BCUT2D eigenvalue weighted by atomic mass is 32.2. The van der Waals surface area contributed by atoms with E-state index in [1.165, 1.54) is 10.6 Å². The summed E-state index contributed by atoms with van der Waals surface area (Å²) in [6.07, 6.45) is 1.52. The Balaban J connectivity index is 1.93. The fraction of sp³-hybridized carbons (Fsp3) is 0.500. The molecule has 0 saturated heterocycles. The van der Waals surface area contributed by atoms with Crippen molar-refractivity contribution in [2.75, 3.05) is 17.7 Å². The minimum absolute atomic E-state index is 0.146. The molecule has 4 heteroatoms. The van der Waals surface area contributed by atoms with Crippen LogP contribution < -0.4 is 4.90 Å². The van der Waals surface area contributed by atoms with E-state index in [4.69, 9.17) is 5.11 Å². The molecule has 0 amide bonds. The number of anilines is 1. The molecule has 3 nitrogen and oxygen atoms in total. The smallest absolute Gasteiger partial charge is 0.306 e. The van der Waals surface area contributed by atoms with Crippen molar-refractivity contribution in [3.63, 3.8) is 0 Å². The molecule has 0 heterocycles. The second-order valence-electron chi connectivity index (χ2n) is 4.70. The van der Waals surface area contributed by atoms with Gasteiger partial charge in [-0.3, -0.25) is 4.79 Å². The first-order valence-corrected chi connectivity index (χ1v) is 7.29. The van der Waals surface area contributed by atoms with Crippen LogP contribution in [0.1, 0.15) is 19.8 Å². The van der Waals surface area contributed by atoms with Gasteiger partial charge in [-0.2, -0.15) is 0 Å². The Morgan fingerprint density at radius 1 is 1.39 bits per heavy atom. The van der Waals surface area contributed by atoms with Gasteiger partial charge >= 0.3 is 5.97 Å². The van der Waals surface area contributed by atoms with Crippen LogP contribution in [0.5, 0.6) is 0 Å². The predicted molar refractivity (Wildman–Crippen MR) is 75.4 cm³/mol. The van der Waals surface area contributed by atoms with Crippen molar-refractivity contribution in [1.82, 2.24) is 0 Å². The zero-order chi connectivity index (χ0) is 13.1. The Morgan fingerprint density at radius 2 is 2.00 bits per heavy atom. The van der Waals surface area contributed by atoms with Crippen molar-refractivity contribution in [2.45, 2.75) is 30.7 Å². The zero-order valence-electron chi connectivity index (χ0n) is 10.8. The average Bonchev–Trinajstić information content (AvgIpc) is 2.27. The normalized spacial score (nSPS) is 22.3. The maximum Gasteiger partial charge on any atom is 0.306 e. The maximum absolute atomic E-state index is 10.8. The molecule has 98 valence electrons. The lowest BCUT2D eigenvalue weighted by Gasteiger charge is -2.40. The van der Waals surface area contributed by atoms with E-state index in [2.05, 4.69) is 36.1 Å². The van der Waals surface area contributed by atoms with Gasteiger partial charge in [0.25, 0.3) is 0 Å². The van der Waals surface area contributed by atoms with Crippen molar-refractivity contribution < 1.29 is 9.90 Å². The van der Waals surface area contributed by atoms with Crippen LogP contribution >= 0.6 is 11.8 Å². The van der Waals surface area contributed by atoms with Gasteiger partial charge in [-0.15, -0.1) is 11.8 Å². The van der Waals surface area contributed by atoms with Gasteiger partial charge in [0, 0.05) is 23.7 Å². The van der Waals surface area contributed by atoms with Crippen LogP contribution in [0.4, 0.5) is 5.69 Å². The second-order valence-corrected chi connectivity index (χ2v) is 6.04. The van der Waals surface area contributed by atoms with Crippen LogP contribution in [0.15, 0.2) is 29.2 Å². The molecule has 0 radical (unpaired) electrons. The second kappa shape index (κ2) is 5.65. The van der Waals surface area contributed by atoms with E-state index in [1.54, 1.807) is 0 Å². The van der Waals surface area contributed by atoms with Crippen molar-refractivity contribution in [1.29, 1.82) is 0 Å². The highest BCUT2D eigenvalue weighted by Gasteiger charge is 2.36. The molecule has 1 aliphatic carbocycles. The maximum atomic E-state index is 10.8. The molecule has 1 N–H and O–H groups in total. The Hall–Kier alpha value is -1.16. The number of carboxylic acid groups (broad SMARTS) is 1. The molecule has 1 fully saturated rings. The number of benzene rings is 1. The van der Waals surface area contributed by atoms with Gasteiger partial charge in [0.05, 0.1) is 5.92 Å². The third kappa shape index (κ3) is 2.80. The summed E-state index contributed by atoms with van der Waals surface area (Å²) in [5.41, 5.74) is 1.17. The Labute approximate surface area is 112 Å². The van der Waals surface area contributed by atoms with E-state index in [0.717, 1.165) is 18.6 Å². The molecule has 1 aromatic rings. The standard InChI is InChI=1S/C14H19NO2S/c1-3-18-13-6-4-11(5-7-13)15(2)12-8-10(9-12)14(16)17/h4-7,10,12H,3,8-9H2,1-2H3,(H,16,17). The highest BCUT2D eigenvalue weighted by Crippen LogP contribution is 2.34. The topological polar surface area (TPSA) is 40.5 Å². The number of nitrogens with zero attached hydrogens (tertiary/aromatic N) is 1. The molecular weight excluding hydrogens is 246 g/mol. The van der Waals surface area contributed by atoms with Gasteiger partial charge in [0.2, 0.25) is 0 Å². The fourth-order valence-electron chi connectivity index (χ4n) is 2.26. The predicted octanol–water partition coefficient (Wildman–Crippen LogP) is 3.10. The SMILES string of the molecule is CCSc1ccc(N(C)C2CC(C(=O)O)C2)cc1. The molecule has 0 aliphatic heterocycles. The van der Waals surface area contributed by atoms with E-state index in [9.17, 15) is 4.79 Å². The lowest BCUT2D eigenvalue weighted by atomic mass is 9.79. The van der Waals surface area contributed by atoms with Crippen LogP contribution in [0, 0.1) is 5.92 Å². The summed E-state index contributed by atoms with van der Waals surface area (Å²) in [5.74, 6) is 0.277. The van der Waals surface area contributed by atoms with Crippen LogP contribution in [0.25, 0.3) is 0 Å². The van der Waals surface area contributed by atoms with E-state index in [-0.39, 0.29) is 5.92 Å². The molecule has 1 saturated carbocycles. The average molecular weight is 265 g/mol. The monoisotopic (exact) mass is 265 g/mol. The summed E-state index contributed by atoms with van der Waals surface area (Å²) in [4.78, 5) is 14.3. The third-order valence-electron chi connectivity index (χ3n) is 3.57. The zero-order valence-corrected chi connectivity index (χ0v) is 11.6. The Morgan fingerprint density at radius 3 is 2.50 bits per heavy atom. The van der Waals surface area contributed by atoms with Crippen LogP contribution in [0.2, 0.25) is 0 Å². The van der Waals surface area contributed by atoms with Crippen molar-refractivity contribution in [3.05, 3.63) is 24.3 Å². The lowest BCUT2D eigenvalue weighted by Crippen LogP contribution is -2.45. The molecule has 0 aromatic heterocycles. The highest BCUT2D eigenvalue weighted by molar-refractivity contribution is 7.99. The largest absolute Gasteiger partial charge is 0.481 e. The first-order valence-electron chi connectivity index (χ1n) is 6.30.